The zero-order valence-corrected chi connectivity index (χ0v) is 23.7. The molecule has 0 bridgehead atoms. The highest BCUT2D eigenvalue weighted by Crippen LogP contribution is 2.32. The first kappa shape index (κ1) is 28.0. The lowest BCUT2D eigenvalue weighted by Crippen LogP contribution is -2.39. The van der Waals surface area contributed by atoms with Gasteiger partial charge < -0.3 is 25.4 Å². The summed E-state index contributed by atoms with van der Waals surface area (Å²) in [5.74, 6) is 8.01. The maximum atomic E-state index is 12.6. The van der Waals surface area contributed by atoms with Crippen molar-refractivity contribution in [3.05, 3.63) is 48.4 Å². The predicted octanol–water partition coefficient (Wildman–Crippen LogP) is 3.69. The van der Waals surface area contributed by atoms with Crippen molar-refractivity contribution in [1.82, 2.24) is 25.1 Å². The SMILES string of the molecule is CC(C)(C)OC(=O)N1CCCC1C#Cc1nccc(N2CCCN(c3cc(-c4ccccc4O)nnc3N)CC2)n1. The second kappa shape index (κ2) is 11.9. The third kappa shape index (κ3) is 6.77. The zero-order chi connectivity index (χ0) is 29.0. The van der Waals surface area contributed by atoms with E-state index < -0.39 is 5.60 Å². The number of nitrogen functional groups attached to an aromatic ring is 1. The second-order valence-electron chi connectivity index (χ2n) is 11.2. The molecule has 1 atom stereocenters. The van der Waals surface area contributed by atoms with Gasteiger partial charge in [0.2, 0.25) is 5.82 Å². The molecule has 5 rings (SSSR count). The minimum absolute atomic E-state index is 0.146. The molecule has 214 valence electrons. The van der Waals surface area contributed by atoms with Gasteiger partial charge in [-0.3, -0.25) is 4.90 Å². The van der Waals surface area contributed by atoms with Gasteiger partial charge in [-0.25, -0.2) is 14.8 Å². The third-order valence-corrected chi connectivity index (χ3v) is 7.01. The van der Waals surface area contributed by atoms with Crippen molar-refractivity contribution >= 4 is 23.4 Å². The van der Waals surface area contributed by atoms with E-state index in [0.717, 1.165) is 43.9 Å². The molecule has 3 N–H and O–H groups in total. The molecule has 3 aromatic rings. The van der Waals surface area contributed by atoms with Crippen LogP contribution in [0.3, 0.4) is 0 Å². The summed E-state index contributed by atoms with van der Waals surface area (Å²) in [7, 11) is 0. The summed E-state index contributed by atoms with van der Waals surface area (Å²) in [6, 6.07) is 10.6. The number of carbonyl (C=O) groups excluding carboxylic acids is 1. The molecule has 41 heavy (non-hydrogen) atoms. The fourth-order valence-corrected chi connectivity index (χ4v) is 5.04. The van der Waals surface area contributed by atoms with Gasteiger partial charge in [0, 0.05) is 44.5 Å². The molecule has 2 fully saturated rings. The first-order valence-electron chi connectivity index (χ1n) is 13.9. The lowest BCUT2D eigenvalue weighted by Gasteiger charge is -2.26. The maximum Gasteiger partial charge on any atom is 0.411 e. The van der Waals surface area contributed by atoms with Crippen LogP contribution in [0.15, 0.2) is 42.6 Å². The lowest BCUT2D eigenvalue weighted by molar-refractivity contribution is 0.0261. The highest BCUT2D eigenvalue weighted by Gasteiger charge is 2.31. The number of hydrogen-bond donors (Lipinski definition) is 2. The number of phenolic OH excluding ortho intramolecular Hbond substituents is 1. The monoisotopic (exact) mass is 556 g/mol. The molecule has 1 aromatic carbocycles. The molecule has 2 aromatic heterocycles. The number of nitrogens with zero attached hydrogens (tertiary/aromatic N) is 7. The maximum absolute atomic E-state index is 12.6. The molecule has 11 nitrogen and oxygen atoms in total. The number of aromatic nitrogens is 4. The first-order valence-corrected chi connectivity index (χ1v) is 13.9. The topological polar surface area (TPSA) is 134 Å². The normalized spacial score (nSPS) is 17.5. The molecule has 2 saturated heterocycles. The number of rotatable bonds is 3. The van der Waals surface area contributed by atoms with E-state index in [0.29, 0.717) is 42.5 Å². The first-order chi connectivity index (χ1) is 19.7. The van der Waals surface area contributed by atoms with Gasteiger partial charge in [0.05, 0.1) is 17.4 Å². The van der Waals surface area contributed by atoms with Crippen LogP contribution in [0.4, 0.5) is 22.1 Å². The zero-order valence-electron chi connectivity index (χ0n) is 23.7. The molecule has 2 aliphatic heterocycles. The number of ether oxygens (including phenoxy) is 1. The Bertz CT molecular complexity index is 1460. The number of para-hydroxylation sites is 1. The summed E-state index contributed by atoms with van der Waals surface area (Å²) in [5.41, 5.74) is 7.66. The molecule has 2 aliphatic rings. The summed E-state index contributed by atoms with van der Waals surface area (Å²) in [6.07, 6.45) is 3.95. The second-order valence-corrected chi connectivity index (χ2v) is 11.2. The number of aromatic hydroxyl groups is 1. The highest BCUT2D eigenvalue weighted by atomic mass is 16.6. The smallest absolute Gasteiger partial charge is 0.411 e. The van der Waals surface area contributed by atoms with Crippen molar-refractivity contribution in [2.75, 3.05) is 48.3 Å². The summed E-state index contributed by atoms with van der Waals surface area (Å²) in [6.45, 7) is 9.22. The van der Waals surface area contributed by atoms with Crippen LogP contribution in [0.25, 0.3) is 11.3 Å². The van der Waals surface area contributed by atoms with Crippen LogP contribution < -0.4 is 15.5 Å². The van der Waals surface area contributed by atoms with Crippen molar-refractivity contribution < 1.29 is 14.6 Å². The molecule has 0 spiro atoms. The number of anilines is 3. The van der Waals surface area contributed by atoms with Gasteiger partial charge in [-0.2, -0.15) is 0 Å². The Labute approximate surface area is 240 Å². The molecular weight excluding hydrogens is 520 g/mol. The Hall–Kier alpha value is -4.59. The van der Waals surface area contributed by atoms with Crippen LogP contribution in [0.1, 0.15) is 45.9 Å². The summed E-state index contributed by atoms with van der Waals surface area (Å²) >= 11 is 0. The van der Waals surface area contributed by atoms with Crippen molar-refractivity contribution in [2.45, 2.75) is 51.7 Å². The predicted molar refractivity (Wildman–Crippen MR) is 157 cm³/mol. The van der Waals surface area contributed by atoms with Gasteiger partial charge in [0.25, 0.3) is 0 Å². The van der Waals surface area contributed by atoms with Crippen LogP contribution in [-0.4, -0.2) is 80.6 Å². The molecule has 1 amide bonds. The van der Waals surface area contributed by atoms with E-state index in [9.17, 15) is 9.90 Å². The number of nitrogens with two attached hydrogens (primary N) is 1. The van der Waals surface area contributed by atoms with Crippen molar-refractivity contribution in [2.24, 2.45) is 0 Å². The van der Waals surface area contributed by atoms with Crippen LogP contribution in [0.2, 0.25) is 0 Å². The van der Waals surface area contributed by atoms with Gasteiger partial charge >= 0.3 is 6.09 Å². The average molecular weight is 557 g/mol. The van der Waals surface area contributed by atoms with Crippen LogP contribution in [-0.2, 0) is 4.74 Å². The number of phenols is 1. The third-order valence-electron chi connectivity index (χ3n) is 7.01. The Kier molecular flexibility index (Phi) is 8.10. The van der Waals surface area contributed by atoms with E-state index in [1.54, 1.807) is 29.3 Å². The molecule has 11 heteroatoms. The van der Waals surface area contributed by atoms with E-state index in [-0.39, 0.29) is 17.9 Å². The van der Waals surface area contributed by atoms with Gasteiger partial charge in [-0.05, 0) is 70.2 Å². The van der Waals surface area contributed by atoms with Gasteiger partial charge in [0.1, 0.15) is 17.2 Å². The summed E-state index contributed by atoms with van der Waals surface area (Å²) < 4.78 is 5.55. The fraction of sp³-hybridized carbons (Fsp3) is 0.433. The van der Waals surface area contributed by atoms with E-state index in [1.165, 1.54) is 0 Å². The van der Waals surface area contributed by atoms with E-state index >= 15 is 0 Å². The Morgan fingerprint density at radius 2 is 1.83 bits per heavy atom. The minimum atomic E-state index is -0.551. The number of hydrogen-bond acceptors (Lipinski definition) is 10. The highest BCUT2D eigenvalue weighted by molar-refractivity contribution is 5.74. The van der Waals surface area contributed by atoms with Crippen LogP contribution >= 0.6 is 0 Å². The Morgan fingerprint density at radius 3 is 2.63 bits per heavy atom. The van der Waals surface area contributed by atoms with Crippen LogP contribution in [0, 0.1) is 11.8 Å². The van der Waals surface area contributed by atoms with E-state index in [2.05, 4.69) is 36.8 Å². The summed E-state index contributed by atoms with van der Waals surface area (Å²) in [5, 5.41) is 18.7. The molecule has 4 heterocycles. The van der Waals surface area contributed by atoms with Gasteiger partial charge in [-0.15, -0.1) is 10.2 Å². The molecule has 0 aliphatic carbocycles. The number of benzene rings is 1. The number of likely N-dealkylation sites (tertiary alicyclic amines) is 1. The van der Waals surface area contributed by atoms with Crippen LogP contribution in [0.5, 0.6) is 5.75 Å². The molecule has 0 radical (unpaired) electrons. The number of carbonyl (C=O) groups is 1. The fourth-order valence-electron chi connectivity index (χ4n) is 5.04. The van der Waals surface area contributed by atoms with Crippen molar-refractivity contribution in [3.63, 3.8) is 0 Å². The molecule has 1 unspecified atom stereocenters. The van der Waals surface area contributed by atoms with E-state index in [1.807, 2.05) is 39.0 Å². The Morgan fingerprint density at radius 1 is 1.05 bits per heavy atom. The van der Waals surface area contributed by atoms with E-state index in [4.69, 9.17) is 15.5 Å². The Balaban J connectivity index is 1.27. The van der Waals surface area contributed by atoms with Crippen molar-refractivity contribution in [3.8, 4) is 28.8 Å². The minimum Gasteiger partial charge on any atom is -0.507 e. The quantitative estimate of drug-likeness (QED) is 0.460. The number of amides is 1. The lowest BCUT2D eigenvalue weighted by atomic mass is 10.1. The van der Waals surface area contributed by atoms with Crippen molar-refractivity contribution in [1.29, 1.82) is 0 Å². The average Bonchev–Trinajstić information content (AvgIpc) is 3.28. The van der Waals surface area contributed by atoms with Gasteiger partial charge in [-0.1, -0.05) is 18.1 Å². The largest absolute Gasteiger partial charge is 0.507 e. The van der Waals surface area contributed by atoms with Gasteiger partial charge in [0.15, 0.2) is 5.82 Å². The molecule has 0 saturated carbocycles. The summed E-state index contributed by atoms with van der Waals surface area (Å²) in [4.78, 5) is 27.8. The molecular formula is C30H36N8O3. The standard InChI is InChI=1S/C30H36N8O3/c1-30(2,3)41-29(40)38-17-6-8-21(38)11-12-26-32-14-13-27(33-26)37-16-7-15-36(18-19-37)24-20-23(34-35-28(24)31)22-9-4-5-10-25(22)39/h4-5,9-10,13-14,20-21,39H,6-8,15-19H2,1-3H3,(H2,31,35).